The fraction of sp³-hybridized carbons (Fsp3) is 0.118. The number of halogens is 2. The molecule has 0 bridgehead atoms. The van der Waals surface area contributed by atoms with Crippen molar-refractivity contribution in [3.8, 4) is 5.75 Å². The molecular formula is C17H15Cl2N3O3. The Bertz CT molecular complexity index is 809. The fourth-order valence-corrected chi connectivity index (χ4v) is 2.15. The first kappa shape index (κ1) is 18.8. The molecule has 0 unspecified atom stereocenters. The molecule has 0 aliphatic rings. The summed E-state index contributed by atoms with van der Waals surface area (Å²) in [5.74, 6) is -0.667. The molecule has 0 fully saturated rings. The van der Waals surface area contributed by atoms with Gasteiger partial charge in [-0.1, -0.05) is 35.3 Å². The molecule has 0 aliphatic carbocycles. The summed E-state index contributed by atoms with van der Waals surface area (Å²) >= 11 is 11.6. The highest BCUT2D eigenvalue weighted by atomic mass is 35.5. The molecule has 0 aliphatic heterocycles. The maximum absolute atomic E-state index is 11.9. The van der Waals surface area contributed by atoms with Crippen molar-refractivity contribution in [3.05, 3.63) is 63.6 Å². The van der Waals surface area contributed by atoms with Crippen molar-refractivity contribution in [1.82, 2.24) is 10.7 Å². The number of hydrazone groups is 1. The maximum Gasteiger partial charge on any atom is 0.251 e. The van der Waals surface area contributed by atoms with Crippen LogP contribution >= 0.6 is 23.2 Å². The molecule has 2 aromatic rings. The van der Waals surface area contributed by atoms with Crippen molar-refractivity contribution in [2.24, 2.45) is 5.10 Å². The molecule has 25 heavy (non-hydrogen) atoms. The molecular weight excluding hydrogens is 365 g/mol. The van der Waals surface area contributed by atoms with Gasteiger partial charge in [-0.25, -0.2) is 5.43 Å². The number of nitrogens with one attached hydrogen (secondary N) is 2. The number of benzene rings is 2. The van der Waals surface area contributed by atoms with Gasteiger partial charge in [0.1, 0.15) is 5.75 Å². The summed E-state index contributed by atoms with van der Waals surface area (Å²) in [5.41, 5.74) is 3.15. The van der Waals surface area contributed by atoms with Gasteiger partial charge in [0.25, 0.3) is 5.91 Å². The van der Waals surface area contributed by atoms with Crippen LogP contribution in [0.25, 0.3) is 0 Å². The summed E-state index contributed by atoms with van der Waals surface area (Å²) in [6, 6.07) is 11.1. The Balaban J connectivity index is 1.75. The molecule has 0 aromatic heterocycles. The van der Waals surface area contributed by atoms with Crippen LogP contribution in [0.4, 0.5) is 0 Å². The van der Waals surface area contributed by atoms with Crippen molar-refractivity contribution in [2.45, 2.75) is 6.42 Å². The quantitative estimate of drug-likeness (QED) is 0.532. The molecule has 2 rings (SSSR count). The average molecular weight is 380 g/mol. The van der Waals surface area contributed by atoms with E-state index in [0.717, 1.165) is 0 Å². The SMILES string of the molecule is O=C(CCNC(=O)c1ccc(Cl)c(Cl)c1)N/N=C/c1ccccc1O. The Morgan fingerprint density at radius 3 is 2.60 bits per heavy atom. The molecule has 2 amide bonds. The van der Waals surface area contributed by atoms with E-state index in [4.69, 9.17) is 23.2 Å². The van der Waals surface area contributed by atoms with Gasteiger partial charge in [0.2, 0.25) is 5.91 Å². The average Bonchev–Trinajstić information content (AvgIpc) is 2.59. The number of carbonyl (C=O) groups is 2. The largest absolute Gasteiger partial charge is 0.507 e. The molecule has 0 heterocycles. The Hall–Kier alpha value is -2.57. The fourth-order valence-electron chi connectivity index (χ4n) is 1.86. The van der Waals surface area contributed by atoms with Crippen LogP contribution in [-0.2, 0) is 4.79 Å². The van der Waals surface area contributed by atoms with Gasteiger partial charge in [0.15, 0.2) is 0 Å². The van der Waals surface area contributed by atoms with Gasteiger partial charge in [-0.05, 0) is 30.3 Å². The minimum atomic E-state index is -0.374. The number of aromatic hydroxyl groups is 1. The first-order chi connectivity index (χ1) is 12.0. The third-order valence-corrected chi connectivity index (χ3v) is 3.89. The number of para-hydroxylation sites is 1. The normalized spacial score (nSPS) is 10.6. The monoisotopic (exact) mass is 379 g/mol. The number of hydrogen-bond donors (Lipinski definition) is 3. The number of phenolic OH excluding ortho intramolecular Hbond substituents is 1. The Morgan fingerprint density at radius 2 is 1.88 bits per heavy atom. The number of hydrogen-bond acceptors (Lipinski definition) is 4. The lowest BCUT2D eigenvalue weighted by Crippen LogP contribution is -2.29. The van der Waals surface area contributed by atoms with Gasteiger partial charge in [-0.2, -0.15) is 5.10 Å². The number of phenols is 1. The van der Waals surface area contributed by atoms with Crippen molar-refractivity contribution < 1.29 is 14.7 Å². The summed E-state index contributed by atoms with van der Waals surface area (Å²) in [6.45, 7) is 0.136. The molecule has 3 N–H and O–H groups in total. The van der Waals surface area contributed by atoms with Gasteiger partial charge in [0.05, 0.1) is 16.3 Å². The number of rotatable bonds is 6. The lowest BCUT2D eigenvalue weighted by atomic mass is 10.2. The van der Waals surface area contributed by atoms with Gasteiger partial charge in [-0.15, -0.1) is 0 Å². The highest BCUT2D eigenvalue weighted by Gasteiger charge is 2.08. The van der Waals surface area contributed by atoms with E-state index in [9.17, 15) is 14.7 Å². The topological polar surface area (TPSA) is 90.8 Å². The molecule has 6 nitrogen and oxygen atoms in total. The van der Waals surface area contributed by atoms with Gasteiger partial charge in [-0.3, -0.25) is 9.59 Å². The van der Waals surface area contributed by atoms with Crippen LogP contribution in [0, 0.1) is 0 Å². The van der Waals surface area contributed by atoms with Crippen LogP contribution in [0.5, 0.6) is 5.75 Å². The van der Waals surface area contributed by atoms with Crippen LogP contribution in [0.3, 0.4) is 0 Å². The van der Waals surface area contributed by atoms with E-state index in [2.05, 4.69) is 15.8 Å². The van der Waals surface area contributed by atoms with E-state index in [1.807, 2.05) is 0 Å². The maximum atomic E-state index is 11.9. The van der Waals surface area contributed by atoms with Crippen LogP contribution in [-0.4, -0.2) is 29.7 Å². The predicted molar refractivity (Wildman–Crippen MR) is 97.3 cm³/mol. The second-order valence-corrected chi connectivity index (χ2v) is 5.80. The van der Waals surface area contributed by atoms with E-state index in [1.54, 1.807) is 24.3 Å². The Labute approximate surface area is 154 Å². The molecule has 8 heteroatoms. The third-order valence-electron chi connectivity index (χ3n) is 3.15. The lowest BCUT2D eigenvalue weighted by molar-refractivity contribution is -0.120. The zero-order valence-electron chi connectivity index (χ0n) is 13.0. The van der Waals surface area contributed by atoms with Gasteiger partial charge >= 0.3 is 0 Å². The highest BCUT2D eigenvalue weighted by molar-refractivity contribution is 6.42. The van der Waals surface area contributed by atoms with Crippen molar-refractivity contribution >= 4 is 41.2 Å². The van der Waals surface area contributed by atoms with E-state index in [-0.39, 0.29) is 35.6 Å². The van der Waals surface area contributed by atoms with Crippen LogP contribution in [0.2, 0.25) is 10.0 Å². The minimum absolute atomic E-state index is 0.0468. The lowest BCUT2D eigenvalue weighted by Gasteiger charge is -2.05. The molecule has 130 valence electrons. The van der Waals surface area contributed by atoms with Crippen LogP contribution in [0.1, 0.15) is 22.3 Å². The second kappa shape index (κ2) is 9.05. The van der Waals surface area contributed by atoms with Crippen molar-refractivity contribution in [2.75, 3.05) is 6.54 Å². The highest BCUT2D eigenvalue weighted by Crippen LogP contribution is 2.22. The van der Waals surface area contributed by atoms with Crippen molar-refractivity contribution in [3.63, 3.8) is 0 Å². The molecule has 0 saturated heterocycles. The molecule has 0 spiro atoms. The Morgan fingerprint density at radius 1 is 1.12 bits per heavy atom. The van der Waals surface area contributed by atoms with E-state index < -0.39 is 0 Å². The van der Waals surface area contributed by atoms with Gasteiger partial charge < -0.3 is 10.4 Å². The smallest absolute Gasteiger partial charge is 0.251 e. The molecule has 0 radical (unpaired) electrons. The molecule has 2 aromatic carbocycles. The second-order valence-electron chi connectivity index (χ2n) is 4.99. The van der Waals surface area contributed by atoms with E-state index >= 15 is 0 Å². The molecule has 0 atom stereocenters. The summed E-state index contributed by atoms with van der Waals surface area (Å²) in [5, 5.41) is 16.5. The number of nitrogens with zero attached hydrogens (tertiary/aromatic N) is 1. The van der Waals surface area contributed by atoms with Crippen LogP contribution in [0.15, 0.2) is 47.6 Å². The predicted octanol–water partition coefficient (Wildman–Crippen LogP) is 2.97. The zero-order chi connectivity index (χ0) is 18.2. The summed E-state index contributed by atoms with van der Waals surface area (Å²) in [7, 11) is 0. The summed E-state index contributed by atoms with van der Waals surface area (Å²) < 4.78 is 0. The standard InChI is InChI=1S/C17H15Cl2N3O3/c18-13-6-5-11(9-14(13)19)17(25)20-8-7-16(24)22-21-10-12-3-1-2-4-15(12)23/h1-6,9-10,23H,7-8H2,(H,20,25)(H,22,24)/b21-10+. The zero-order valence-corrected chi connectivity index (χ0v) is 14.5. The number of amides is 2. The first-order valence-electron chi connectivity index (χ1n) is 7.30. The minimum Gasteiger partial charge on any atom is -0.507 e. The first-order valence-corrected chi connectivity index (χ1v) is 8.06. The Kier molecular flexibility index (Phi) is 6.80. The van der Waals surface area contributed by atoms with Crippen molar-refractivity contribution in [1.29, 1.82) is 0 Å². The molecule has 0 saturated carbocycles. The van der Waals surface area contributed by atoms with Crippen LogP contribution < -0.4 is 10.7 Å². The van der Waals surface area contributed by atoms with E-state index in [1.165, 1.54) is 24.4 Å². The van der Waals surface area contributed by atoms with E-state index in [0.29, 0.717) is 16.1 Å². The summed E-state index contributed by atoms with van der Waals surface area (Å²) in [4.78, 5) is 23.6. The summed E-state index contributed by atoms with van der Waals surface area (Å²) in [6.07, 6.45) is 1.38. The van der Waals surface area contributed by atoms with Gasteiger partial charge in [0, 0.05) is 24.1 Å². The number of carbonyl (C=O) groups excluding carboxylic acids is 2. The third kappa shape index (κ3) is 5.77.